The topological polar surface area (TPSA) is 21.3 Å². The van der Waals surface area contributed by atoms with E-state index in [1.807, 2.05) is 20.8 Å². The maximum absolute atomic E-state index is 13.9. The van der Waals surface area contributed by atoms with Gasteiger partial charge in [-0.2, -0.15) is 0 Å². The standard InChI is InChI=1S/C16H24F3NO/c1-5-8-20-14(6-7-16(2,3)21-4)15-12(18)9-11(17)10-13(15)19/h9-10,14,20H,5-8H2,1-4H3. The second-order valence-electron chi connectivity index (χ2n) is 5.79. The van der Waals surface area contributed by atoms with Crippen LogP contribution in [0.3, 0.4) is 0 Å². The molecule has 120 valence electrons. The van der Waals surface area contributed by atoms with Gasteiger partial charge in [0.25, 0.3) is 0 Å². The summed E-state index contributed by atoms with van der Waals surface area (Å²) in [6.07, 6.45) is 1.97. The molecule has 0 spiro atoms. The van der Waals surface area contributed by atoms with E-state index in [9.17, 15) is 13.2 Å². The van der Waals surface area contributed by atoms with E-state index in [1.54, 1.807) is 7.11 Å². The van der Waals surface area contributed by atoms with Crippen LogP contribution in [0.2, 0.25) is 0 Å². The third-order valence-corrected chi connectivity index (χ3v) is 3.62. The lowest BCUT2D eigenvalue weighted by Crippen LogP contribution is -2.29. The van der Waals surface area contributed by atoms with Gasteiger partial charge >= 0.3 is 0 Å². The van der Waals surface area contributed by atoms with E-state index in [-0.39, 0.29) is 11.2 Å². The number of halogens is 3. The number of hydrogen-bond donors (Lipinski definition) is 1. The van der Waals surface area contributed by atoms with Crippen molar-refractivity contribution in [2.45, 2.75) is 51.7 Å². The van der Waals surface area contributed by atoms with Crippen LogP contribution in [0.15, 0.2) is 12.1 Å². The van der Waals surface area contributed by atoms with E-state index < -0.39 is 23.5 Å². The first kappa shape index (κ1) is 18.0. The van der Waals surface area contributed by atoms with Gasteiger partial charge in [-0.15, -0.1) is 0 Å². The Labute approximate surface area is 124 Å². The van der Waals surface area contributed by atoms with E-state index in [0.717, 1.165) is 18.6 Å². The molecule has 0 radical (unpaired) electrons. The predicted octanol–water partition coefficient (Wildman–Crippen LogP) is 4.35. The Bertz CT molecular complexity index is 440. The lowest BCUT2D eigenvalue weighted by molar-refractivity contribution is 0.0115. The fourth-order valence-corrected chi connectivity index (χ4v) is 2.15. The Hall–Kier alpha value is -1.07. The third kappa shape index (κ3) is 5.32. The molecule has 0 saturated carbocycles. The lowest BCUT2D eigenvalue weighted by atomic mass is 9.94. The molecular weight excluding hydrogens is 279 g/mol. The molecule has 0 aliphatic heterocycles. The number of nitrogens with one attached hydrogen (secondary N) is 1. The first-order valence-electron chi connectivity index (χ1n) is 7.23. The van der Waals surface area contributed by atoms with Crippen molar-refractivity contribution in [3.8, 4) is 0 Å². The highest BCUT2D eigenvalue weighted by Crippen LogP contribution is 2.28. The van der Waals surface area contributed by atoms with E-state index in [4.69, 9.17) is 4.74 Å². The highest BCUT2D eigenvalue weighted by Gasteiger charge is 2.24. The molecule has 0 bridgehead atoms. The van der Waals surface area contributed by atoms with Crippen molar-refractivity contribution in [3.05, 3.63) is 35.1 Å². The molecule has 2 nitrogen and oxygen atoms in total. The predicted molar refractivity (Wildman–Crippen MR) is 77.7 cm³/mol. The summed E-state index contributed by atoms with van der Waals surface area (Å²) in [6, 6.07) is 0.945. The number of methoxy groups -OCH3 is 1. The van der Waals surface area contributed by atoms with Gasteiger partial charge in [0.15, 0.2) is 0 Å². The largest absolute Gasteiger partial charge is 0.379 e. The summed E-state index contributed by atoms with van der Waals surface area (Å²) in [5.74, 6) is -2.60. The minimum atomic E-state index is -0.903. The SMILES string of the molecule is CCCNC(CCC(C)(C)OC)c1c(F)cc(F)cc1F. The van der Waals surface area contributed by atoms with Gasteiger partial charge in [-0.25, -0.2) is 13.2 Å². The molecule has 1 N–H and O–H groups in total. The molecular formula is C16H24F3NO. The van der Waals surface area contributed by atoms with Crippen molar-refractivity contribution in [1.82, 2.24) is 5.32 Å². The molecule has 0 aromatic heterocycles. The molecule has 0 fully saturated rings. The molecule has 0 aliphatic rings. The van der Waals surface area contributed by atoms with Crippen LogP contribution in [-0.2, 0) is 4.74 Å². The van der Waals surface area contributed by atoms with Crippen LogP contribution in [0.5, 0.6) is 0 Å². The highest BCUT2D eigenvalue weighted by atomic mass is 19.1. The molecule has 1 unspecified atom stereocenters. The van der Waals surface area contributed by atoms with Crippen LogP contribution in [-0.4, -0.2) is 19.3 Å². The molecule has 1 aromatic carbocycles. The smallest absolute Gasteiger partial charge is 0.133 e. The second-order valence-corrected chi connectivity index (χ2v) is 5.79. The van der Waals surface area contributed by atoms with Crippen LogP contribution >= 0.6 is 0 Å². The zero-order chi connectivity index (χ0) is 16.0. The molecule has 0 amide bonds. The molecule has 5 heteroatoms. The highest BCUT2D eigenvalue weighted by molar-refractivity contribution is 5.24. The van der Waals surface area contributed by atoms with E-state index in [1.165, 1.54) is 0 Å². The zero-order valence-corrected chi connectivity index (χ0v) is 13.1. The van der Waals surface area contributed by atoms with Crippen molar-refractivity contribution in [2.24, 2.45) is 0 Å². The molecule has 0 aliphatic carbocycles. The van der Waals surface area contributed by atoms with Crippen LogP contribution in [0.4, 0.5) is 13.2 Å². The van der Waals surface area contributed by atoms with Gasteiger partial charge in [-0.05, 0) is 39.7 Å². The Morgan fingerprint density at radius 2 is 1.76 bits per heavy atom. The molecule has 21 heavy (non-hydrogen) atoms. The van der Waals surface area contributed by atoms with E-state index in [0.29, 0.717) is 19.4 Å². The maximum Gasteiger partial charge on any atom is 0.133 e. The summed E-state index contributed by atoms with van der Waals surface area (Å²) in [4.78, 5) is 0. The molecule has 1 rings (SSSR count). The van der Waals surface area contributed by atoms with Crippen LogP contribution < -0.4 is 5.32 Å². The van der Waals surface area contributed by atoms with Crippen molar-refractivity contribution in [1.29, 1.82) is 0 Å². The second kappa shape index (κ2) is 7.80. The fraction of sp³-hybridized carbons (Fsp3) is 0.625. The zero-order valence-electron chi connectivity index (χ0n) is 13.1. The molecule has 0 heterocycles. The molecule has 0 saturated heterocycles. The molecule has 1 atom stereocenters. The minimum absolute atomic E-state index is 0.100. The Morgan fingerprint density at radius 3 is 2.24 bits per heavy atom. The van der Waals surface area contributed by atoms with Gasteiger partial charge in [-0.1, -0.05) is 6.92 Å². The Balaban J connectivity index is 2.97. The van der Waals surface area contributed by atoms with Crippen molar-refractivity contribution in [3.63, 3.8) is 0 Å². The van der Waals surface area contributed by atoms with Crippen LogP contribution in [0.1, 0.15) is 51.6 Å². The van der Waals surface area contributed by atoms with Crippen molar-refractivity contribution in [2.75, 3.05) is 13.7 Å². The van der Waals surface area contributed by atoms with E-state index in [2.05, 4.69) is 5.32 Å². The summed E-state index contributed by atoms with van der Waals surface area (Å²) in [5, 5.41) is 3.13. The summed E-state index contributed by atoms with van der Waals surface area (Å²) < 4.78 is 46.2. The number of ether oxygens (including phenoxy) is 1. The van der Waals surface area contributed by atoms with Crippen LogP contribution in [0, 0.1) is 17.5 Å². The summed E-state index contributed by atoms with van der Waals surface area (Å²) in [6.45, 7) is 6.44. The van der Waals surface area contributed by atoms with Gasteiger partial charge in [0.1, 0.15) is 17.5 Å². The summed E-state index contributed by atoms with van der Waals surface area (Å²) in [7, 11) is 1.60. The summed E-state index contributed by atoms with van der Waals surface area (Å²) in [5.41, 5.74) is -0.476. The monoisotopic (exact) mass is 303 g/mol. The summed E-state index contributed by atoms with van der Waals surface area (Å²) >= 11 is 0. The average molecular weight is 303 g/mol. The number of benzene rings is 1. The van der Waals surface area contributed by atoms with Crippen molar-refractivity contribution >= 4 is 0 Å². The maximum atomic E-state index is 13.9. The normalized spacial score (nSPS) is 13.5. The molecule has 1 aromatic rings. The van der Waals surface area contributed by atoms with Crippen molar-refractivity contribution < 1.29 is 17.9 Å². The average Bonchev–Trinajstić information content (AvgIpc) is 2.40. The van der Waals surface area contributed by atoms with Gasteiger partial charge in [-0.3, -0.25) is 0 Å². The number of rotatable bonds is 8. The quantitative estimate of drug-likeness (QED) is 0.771. The van der Waals surface area contributed by atoms with Gasteiger partial charge in [0, 0.05) is 30.8 Å². The Kier molecular flexibility index (Phi) is 6.68. The fourth-order valence-electron chi connectivity index (χ4n) is 2.15. The third-order valence-electron chi connectivity index (χ3n) is 3.62. The van der Waals surface area contributed by atoms with E-state index >= 15 is 0 Å². The lowest BCUT2D eigenvalue weighted by Gasteiger charge is -2.27. The first-order valence-corrected chi connectivity index (χ1v) is 7.23. The van der Waals surface area contributed by atoms with Gasteiger partial charge < -0.3 is 10.1 Å². The minimum Gasteiger partial charge on any atom is -0.379 e. The Morgan fingerprint density at radius 1 is 1.19 bits per heavy atom. The van der Waals surface area contributed by atoms with Crippen LogP contribution in [0.25, 0.3) is 0 Å². The van der Waals surface area contributed by atoms with Gasteiger partial charge in [0.05, 0.1) is 5.60 Å². The van der Waals surface area contributed by atoms with Gasteiger partial charge in [0.2, 0.25) is 0 Å². The first-order chi connectivity index (χ1) is 9.80. The number of hydrogen-bond acceptors (Lipinski definition) is 2.